The van der Waals surface area contributed by atoms with Crippen LogP contribution in [0.1, 0.15) is 12.5 Å². The van der Waals surface area contributed by atoms with Crippen molar-refractivity contribution in [3.8, 4) is 5.75 Å². The topological polar surface area (TPSA) is 58.6 Å². The van der Waals surface area contributed by atoms with E-state index < -0.39 is 0 Å². The van der Waals surface area contributed by atoms with Crippen molar-refractivity contribution in [1.29, 1.82) is 0 Å². The second kappa shape index (κ2) is 8.42. The van der Waals surface area contributed by atoms with E-state index in [0.29, 0.717) is 11.5 Å². The van der Waals surface area contributed by atoms with E-state index in [4.69, 9.17) is 4.74 Å². The fraction of sp³-hybridized carbons (Fsp3) is 0.158. The first-order valence-electron chi connectivity index (χ1n) is 8.05. The Hall–Kier alpha value is -2.25. The predicted octanol–water partition coefficient (Wildman–Crippen LogP) is 4.95. The molecule has 1 aliphatic heterocycles. The zero-order valence-corrected chi connectivity index (χ0v) is 16.5. The average molecular weight is 433 g/mol. The van der Waals surface area contributed by atoms with E-state index in [2.05, 4.69) is 21.2 Å². The highest BCUT2D eigenvalue weighted by atomic mass is 79.9. The molecule has 0 radical (unpaired) electrons. The maximum atomic E-state index is 12.5. The number of halogens is 1. The lowest BCUT2D eigenvalue weighted by Crippen LogP contribution is -2.33. The van der Waals surface area contributed by atoms with Crippen molar-refractivity contribution in [3.63, 3.8) is 0 Å². The minimum Gasteiger partial charge on any atom is -0.494 e. The van der Waals surface area contributed by atoms with Gasteiger partial charge in [0.1, 0.15) is 5.75 Å². The fourth-order valence-electron chi connectivity index (χ4n) is 2.38. The van der Waals surface area contributed by atoms with Crippen LogP contribution in [0.3, 0.4) is 0 Å². The van der Waals surface area contributed by atoms with Gasteiger partial charge in [-0.3, -0.25) is 14.5 Å². The van der Waals surface area contributed by atoms with Crippen LogP contribution < -0.4 is 10.1 Å². The van der Waals surface area contributed by atoms with E-state index in [1.165, 1.54) is 4.90 Å². The Labute approximate surface area is 164 Å². The highest BCUT2D eigenvalue weighted by Gasteiger charge is 2.34. The molecule has 1 heterocycles. The standard InChI is InChI=1S/C19H17BrN2O3S/c1-2-25-14-9-7-13(8-10-14)11-17-18(23)22(19(24)26-17)12-21-16-6-4-3-5-15(16)20/h3-11,21H,2,12H2,1H3/b17-11+. The maximum absolute atomic E-state index is 12.5. The number of ether oxygens (including phenoxy) is 1. The Balaban J connectivity index is 1.69. The van der Waals surface area contributed by atoms with E-state index in [-0.39, 0.29) is 17.8 Å². The number of hydrogen-bond acceptors (Lipinski definition) is 5. The molecule has 0 atom stereocenters. The average Bonchev–Trinajstić information content (AvgIpc) is 2.90. The second-order valence-electron chi connectivity index (χ2n) is 5.43. The number of nitrogens with zero attached hydrogens (tertiary/aromatic N) is 1. The van der Waals surface area contributed by atoms with Crippen molar-refractivity contribution >= 4 is 50.6 Å². The number of benzene rings is 2. The van der Waals surface area contributed by atoms with Gasteiger partial charge in [0.05, 0.1) is 18.2 Å². The molecule has 5 nitrogen and oxygen atoms in total. The fourth-order valence-corrected chi connectivity index (χ4v) is 3.65. The molecule has 134 valence electrons. The summed E-state index contributed by atoms with van der Waals surface area (Å²) < 4.78 is 6.27. The molecule has 1 aliphatic rings. The highest BCUT2D eigenvalue weighted by molar-refractivity contribution is 9.10. The second-order valence-corrected chi connectivity index (χ2v) is 7.27. The summed E-state index contributed by atoms with van der Waals surface area (Å²) in [5.41, 5.74) is 1.67. The van der Waals surface area contributed by atoms with E-state index >= 15 is 0 Å². The Bertz CT molecular complexity index is 852. The van der Waals surface area contributed by atoms with Gasteiger partial charge in [-0.05, 0) is 70.5 Å². The van der Waals surface area contributed by atoms with Gasteiger partial charge in [0.25, 0.3) is 11.1 Å². The molecular weight excluding hydrogens is 416 g/mol. The highest BCUT2D eigenvalue weighted by Crippen LogP contribution is 2.32. The van der Waals surface area contributed by atoms with E-state index in [1.54, 1.807) is 6.08 Å². The van der Waals surface area contributed by atoms with Crippen molar-refractivity contribution in [2.45, 2.75) is 6.92 Å². The van der Waals surface area contributed by atoms with Crippen LogP contribution in [0, 0.1) is 0 Å². The number of thioether (sulfide) groups is 1. The minimum absolute atomic E-state index is 0.119. The number of amides is 2. The first kappa shape index (κ1) is 18.5. The van der Waals surface area contributed by atoms with Crippen molar-refractivity contribution < 1.29 is 14.3 Å². The number of anilines is 1. The Kier molecular flexibility index (Phi) is 6.00. The molecule has 2 amide bonds. The Morgan fingerprint density at radius 3 is 2.58 bits per heavy atom. The van der Waals surface area contributed by atoms with Crippen molar-refractivity contribution in [1.82, 2.24) is 4.90 Å². The minimum atomic E-state index is -0.298. The van der Waals surface area contributed by atoms with Crippen LogP contribution in [0.25, 0.3) is 6.08 Å². The smallest absolute Gasteiger partial charge is 0.295 e. The van der Waals surface area contributed by atoms with E-state index in [9.17, 15) is 9.59 Å². The molecule has 0 spiro atoms. The summed E-state index contributed by atoms with van der Waals surface area (Å²) in [5.74, 6) is 0.476. The third kappa shape index (κ3) is 4.28. The van der Waals surface area contributed by atoms with Gasteiger partial charge in [-0.2, -0.15) is 0 Å². The molecule has 2 aromatic rings. The maximum Gasteiger partial charge on any atom is 0.295 e. The lowest BCUT2D eigenvalue weighted by Gasteiger charge is -2.15. The zero-order chi connectivity index (χ0) is 18.5. The molecule has 0 saturated carbocycles. The van der Waals surface area contributed by atoms with Gasteiger partial charge < -0.3 is 10.1 Å². The normalized spacial score (nSPS) is 15.6. The number of imide groups is 1. The lowest BCUT2D eigenvalue weighted by atomic mass is 10.2. The molecule has 7 heteroatoms. The summed E-state index contributed by atoms with van der Waals surface area (Å²) >= 11 is 4.38. The SMILES string of the molecule is CCOc1ccc(/C=C2/SC(=O)N(CNc3ccccc3Br)C2=O)cc1. The number of rotatable bonds is 6. The molecule has 1 saturated heterocycles. The van der Waals surface area contributed by atoms with Crippen LogP contribution in [0.2, 0.25) is 0 Å². The summed E-state index contributed by atoms with van der Waals surface area (Å²) in [6.45, 7) is 2.64. The number of carbonyl (C=O) groups excluding carboxylic acids is 2. The first-order chi connectivity index (χ1) is 12.6. The van der Waals surface area contributed by atoms with Gasteiger partial charge in [0.2, 0.25) is 0 Å². The molecule has 1 fully saturated rings. The molecular formula is C19H17BrN2O3S. The van der Waals surface area contributed by atoms with Crippen LogP contribution in [0.15, 0.2) is 57.9 Å². The predicted molar refractivity (Wildman–Crippen MR) is 108 cm³/mol. The van der Waals surface area contributed by atoms with Crippen molar-refractivity contribution in [2.75, 3.05) is 18.6 Å². The third-order valence-corrected chi connectivity index (χ3v) is 5.26. The van der Waals surface area contributed by atoms with Gasteiger partial charge in [-0.25, -0.2) is 0 Å². The Morgan fingerprint density at radius 1 is 1.15 bits per heavy atom. The van der Waals surface area contributed by atoms with E-state index in [1.807, 2.05) is 55.5 Å². The number of hydrogen-bond donors (Lipinski definition) is 1. The van der Waals surface area contributed by atoms with Gasteiger partial charge >= 0.3 is 0 Å². The summed E-state index contributed by atoms with van der Waals surface area (Å²) in [5, 5.41) is 2.82. The van der Waals surface area contributed by atoms with Gasteiger partial charge in [0.15, 0.2) is 0 Å². The van der Waals surface area contributed by atoms with Crippen LogP contribution in [0.5, 0.6) is 5.75 Å². The largest absolute Gasteiger partial charge is 0.494 e. The molecule has 1 N–H and O–H groups in total. The number of para-hydroxylation sites is 1. The summed E-state index contributed by atoms with van der Waals surface area (Å²) in [4.78, 5) is 26.3. The van der Waals surface area contributed by atoms with Crippen molar-refractivity contribution in [2.24, 2.45) is 0 Å². The van der Waals surface area contributed by atoms with E-state index in [0.717, 1.165) is 33.2 Å². The van der Waals surface area contributed by atoms with Crippen molar-refractivity contribution in [3.05, 3.63) is 63.5 Å². The molecule has 0 aliphatic carbocycles. The van der Waals surface area contributed by atoms with Gasteiger partial charge in [0, 0.05) is 10.2 Å². The first-order valence-corrected chi connectivity index (χ1v) is 9.66. The van der Waals surface area contributed by atoms with Crippen LogP contribution in [-0.2, 0) is 4.79 Å². The zero-order valence-electron chi connectivity index (χ0n) is 14.1. The Morgan fingerprint density at radius 2 is 1.88 bits per heavy atom. The van der Waals surface area contributed by atoms with Gasteiger partial charge in [-0.15, -0.1) is 0 Å². The molecule has 0 unspecified atom stereocenters. The molecule has 26 heavy (non-hydrogen) atoms. The molecule has 2 aromatic carbocycles. The summed E-state index contributed by atoms with van der Waals surface area (Å²) in [7, 11) is 0. The summed E-state index contributed by atoms with van der Waals surface area (Å²) in [6, 6.07) is 14.9. The van der Waals surface area contributed by atoms with Crippen LogP contribution >= 0.6 is 27.7 Å². The molecule has 3 rings (SSSR count). The third-order valence-electron chi connectivity index (χ3n) is 3.66. The van der Waals surface area contributed by atoms with Crippen LogP contribution in [0.4, 0.5) is 10.5 Å². The monoisotopic (exact) mass is 432 g/mol. The van der Waals surface area contributed by atoms with Gasteiger partial charge in [-0.1, -0.05) is 24.3 Å². The number of carbonyl (C=O) groups is 2. The molecule has 0 aromatic heterocycles. The van der Waals surface area contributed by atoms with Crippen LogP contribution in [-0.4, -0.2) is 29.3 Å². The molecule has 0 bridgehead atoms. The number of nitrogens with one attached hydrogen (secondary N) is 1. The summed E-state index contributed by atoms with van der Waals surface area (Å²) in [6.07, 6.45) is 1.72. The quantitative estimate of drug-likeness (QED) is 0.653. The lowest BCUT2D eigenvalue weighted by molar-refractivity contribution is -0.122.